The maximum absolute atomic E-state index is 12.1. The van der Waals surface area contributed by atoms with Crippen LogP contribution in [-0.2, 0) is 0 Å². The Kier molecular flexibility index (Phi) is 8.42. The van der Waals surface area contributed by atoms with Crippen molar-refractivity contribution in [1.82, 2.24) is 10.6 Å². The fourth-order valence-corrected chi connectivity index (χ4v) is 2.60. The maximum Gasteiger partial charge on any atom is 0.319 e. The van der Waals surface area contributed by atoms with Crippen molar-refractivity contribution in [3.63, 3.8) is 0 Å². The molecule has 0 saturated carbocycles. The van der Waals surface area contributed by atoms with Gasteiger partial charge in [-0.1, -0.05) is 37.0 Å². The second-order valence-electron chi connectivity index (χ2n) is 6.48. The lowest BCUT2D eigenvalue weighted by atomic mass is 10.1. The van der Waals surface area contributed by atoms with E-state index in [0.717, 1.165) is 0 Å². The summed E-state index contributed by atoms with van der Waals surface area (Å²) < 4.78 is 5.50. The Morgan fingerprint density at radius 1 is 1.04 bits per heavy atom. The molecule has 2 aromatic carbocycles. The number of urea groups is 1. The molecule has 0 aromatic heterocycles. The molecule has 3 amide bonds. The molecule has 6 nitrogen and oxygen atoms in total. The third-order valence-electron chi connectivity index (χ3n) is 3.61. The van der Waals surface area contributed by atoms with Crippen LogP contribution >= 0.6 is 23.2 Å². The third-order valence-corrected chi connectivity index (χ3v) is 4.18. The van der Waals surface area contributed by atoms with Crippen LogP contribution in [0.25, 0.3) is 0 Å². The van der Waals surface area contributed by atoms with E-state index in [1.165, 1.54) is 6.07 Å². The van der Waals surface area contributed by atoms with E-state index in [-0.39, 0.29) is 10.9 Å². The number of hydrogen-bond acceptors (Lipinski definition) is 3. The Balaban J connectivity index is 1.77. The van der Waals surface area contributed by atoms with E-state index in [0.29, 0.717) is 47.6 Å². The second kappa shape index (κ2) is 10.8. The number of ether oxygens (including phenoxy) is 1. The van der Waals surface area contributed by atoms with Crippen molar-refractivity contribution < 1.29 is 14.3 Å². The van der Waals surface area contributed by atoms with Gasteiger partial charge in [-0.3, -0.25) is 4.79 Å². The van der Waals surface area contributed by atoms with Crippen LogP contribution < -0.4 is 20.7 Å². The first-order chi connectivity index (χ1) is 13.3. The van der Waals surface area contributed by atoms with Gasteiger partial charge in [0.15, 0.2) is 0 Å². The molecular formula is C20H23Cl2N3O3. The van der Waals surface area contributed by atoms with Crippen LogP contribution in [0.1, 0.15) is 24.2 Å². The number of anilines is 1. The quantitative estimate of drug-likeness (QED) is 0.543. The van der Waals surface area contributed by atoms with Crippen molar-refractivity contribution in [2.75, 3.05) is 25.0 Å². The number of carbonyl (C=O) groups excluding carboxylic acids is 2. The van der Waals surface area contributed by atoms with E-state index < -0.39 is 6.03 Å². The summed E-state index contributed by atoms with van der Waals surface area (Å²) >= 11 is 12.0. The fourth-order valence-electron chi connectivity index (χ4n) is 2.21. The summed E-state index contributed by atoms with van der Waals surface area (Å²) in [6.45, 7) is 5.21. The number of halogens is 2. The van der Waals surface area contributed by atoms with E-state index in [2.05, 4.69) is 16.0 Å². The second-order valence-corrected chi connectivity index (χ2v) is 7.33. The zero-order valence-corrected chi connectivity index (χ0v) is 17.2. The molecule has 8 heteroatoms. The van der Waals surface area contributed by atoms with Crippen LogP contribution in [0.4, 0.5) is 10.5 Å². The lowest BCUT2D eigenvalue weighted by Crippen LogP contribution is -2.32. The third kappa shape index (κ3) is 7.29. The molecule has 0 unspecified atom stereocenters. The SMILES string of the molecule is CC(C)CNC(=O)c1ccc(NC(=O)NCCOc2ccc(Cl)cc2)cc1Cl. The van der Waals surface area contributed by atoms with E-state index in [1.807, 2.05) is 13.8 Å². The average molecular weight is 424 g/mol. The van der Waals surface area contributed by atoms with Crippen molar-refractivity contribution in [3.05, 3.63) is 58.1 Å². The highest BCUT2D eigenvalue weighted by atomic mass is 35.5. The van der Waals surface area contributed by atoms with E-state index in [1.54, 1.807) is 36.4 Å². The zero-order valence-electron chi connectivity index (χ0n) is 15.7. The molecule has 150 valence electrons. The minimum Gasteiger partial charge on any atom is -0.492 e. The molecule has 0 saturated heterocycles. The van der Waals surface area contributed by atoms with Gasteiger partial charge in [-0.25, -0.2) is 4.79 Å². The molecule has 28 heavy (non-hydrogen) atoms. The van der Waals surface area contributed by atoms with Crippen LogP contribution in [-0.4, -0.2) is 31.6 Å². The summed E-state index contributed by atoms with van der Waals surface area (Å²) in [7, 11) is 0. The number of amides is 3. The highest BCUT2D eigenvalue weighted by molar-refractivity contribution is 6.34. The Bertz CT molecular complexity index is 811. The van der Waals surface area contributed by atoms with E-state index in [9.17, 15) is 9.59 Å². The smallest absolute Gasteiger partial charge is 0.319 e. The fraction of sp³-hybridized carbons (Fsp3) is 0.300. The Labute approximate surface area is 174 Å². The largest absolute Gasteiger partial charge is 0.492 e. The van der Waals surface area contributed by atoms with Gasteiger partial charge in [0.25, 0.3) is 5.91 Å². The Morgan fingerprint density at radius 3 is 2.39 bits per heavy atom. The number of benzene rings is 2. The zero-order chi connectivity index (χ0) is 20.5. The molecular weight excluding hydrogens is 401 g/mol. The summed E-state index contributed by atoms with van der Waals surface area (Å²) in [5.74, 6) is 0.773. The van der Waals surface area contributed by atoms with Crippen molar-refractivity contribution in [1.29, 1.82) is 0 Å². The van der Waals surface area contributed by atoms with Crippen LogP contribution in [0, 0.1) is 5.92 Å². The van der Waals surface area contributed by atoms with Crippen LogP contribution in [0.5, 0.6) is 5.75 Å². The Morgan fingerprint density at radius 2 is 1.75 bits per heavy atom. The maximum atomic E-state index is 12.1. The Hall–Kier alpha value is -2.44. The minimum absolute atomic E-state index is 0.242. The first kappa shape index (κ1) is 21.9. The summed E-state index contributed by atoms with van der Waals surface area (Å²) in [6.07, 6.45) is 0. The topological polar surface area (TPSA) is 79.5 Å². The monoisotopic (exact) mass is 423 g/mol. The summed E-state index contributed by atoms with van der Waals surface area (Å²) in [5.41, 5.74) is 0.853. The molecule has 2 aromatic rings. The lowest BCUT2D eigenvalue weighted by molar-refractivity contribution is 0.0949. The van der Waals surface area contributed by atoms with Gasteiger partial charge in [0.1, 0.15) is 12.4 Å². The van der Waals surface area contributed by atoms with E-state index in [4.69, 9.17) is 27.9 Å². The molecule has 0 spiro atoms. The molecule has 0 heterocycles. The van der Waals surface area contributed by atoms with Gasteiger partial charge in [0, 0.05) is 17.3 Å². The van der Waals surface area contributed by atoms with E-state index >= 15 is 0 Å². The van der Waals surface area contributed by atoms with Gasteiger partial charge in [-0.15, -0.1) is 0 Å². The standard InChI is InChI=1S/C20H23Cl2N3O3/c1-13(2)12-24-19(26)17-8-5-15(11-18(17)22)25-20(27)23-9-10-28-16-6-3-14(21)4-7-16/h3-8,11,13H,9-10,12H2,1-2H3,(H,24,26)(H2,23,25,27). The summed E-state index contributed by atoms with van der Waals surface area (Å²) in [4.78, 5) is 24.1. The lowest BCUT2D eigenvalue weighted by Gasteiger charge is -2.11. The van der Waals surface area contributed by atoms with Crippen LogP contribution in [0.2, 0.25) is 10.0 Å². The summed E-state index contributed by atoms with van der Waals surface area (Å²) in [6, 6.07) is 11.3. The normalized spacial score (nSPS) is 10.5. The van der Waals surface area contributed by atoms with Crippen molar-refractivity contribution in [3.8, 4) is 5.75 Å². The highest BCUT2D eigenvalue weighted by Gasteiger charge is 2.12. The molecule has 0 aliphatic heterocycles. The van der Waals surface area contributed by atoms with Gasteiger partial charge in [-0.2, -0.15) is 0 Å². The van der Waals surface area contributed by atoms with Gasteiger partial charge in [0.2, 0.25) is 0 Å². The van der Waals surface area contributed by atoms with Gasteiger partial charge >= 0.3 is 6.03 Å². The molecule has 0 radical (unpaired) electrons. The predicted molar refractivity (Wildman–Crippen MR) is 113 cm³/mol. The van der Waals surface area contributed by atoms with Gasteiger partial charge in [0.05, 0.1) is 17.1 Å². The number of carbonyl (C=O) groups is 2. The van der Waals surface area contributed by atoms with Crippen molar-refractivity contribution in [2.45, 2.75) is 13.8 Å². The molecule has 3 N–H and O–H groups in total. The number of nitrogens with one attached hydrogen (secondary N) is 3. The molecule has 0 fully saturated rings. The van der Waals surface area contributed by atoms with Gasteiger partial charge < -0.3 is 20.7 Å². The molecule has 0 aliphatic rings. The average Bonchev–Trinajstić information content (AvgIpc) is 2.65. The number of rotatable bonds is 8. The summed E-state index contributed by atoms with van der Waals surface area (Å²) in [5, 5.41) is 9.05. The first-order valence-electron chi connectivity index (χ1n) is 8.86. The predicted octanol–water partition coefficient (Wildman–Crippen LogP) is 4.58. The van der Waals surface area contributed by atoms with Crippen molar-refractivity contribution in [2.24, 2.45) is 5.92 Å². The molecule has 0 atom stereocenters. The molecule has 0 aliphatic carbocycles. The highest BCUT2D eigenvalue weighted by Crippen LogP contribution is 2.21. The minimum atomic E-state index is -0.396. The molecule has 0 bridgehead atoms. The molecule has 2 rings (SSSR count). The first-order valence-corrected chi connectivity index (χ1v) is 9.61. The van der Waals surface area contributed by atoms with Crippen LogP contribution in [0.15, 0.2) is 42.5 Å². The van der Waals surface area contributed by atoms with Crippen LogP contribution in [0.3, 0.4) is 0 Å². The van der Waals surface area contributed by atoms with Gasteiger partial charge in [-0.05, 0) is 48.4 Å². The number of hydrogen-bond donors (Lipinski definition) is 3. The van der Waals surface area contributed by atoms with Crippen molar-refractivity contribution >= 4 is 40.8 Å².